The van der Waals surface area contributed by atoms with Gasteiger partial charge < -0.3 is 5.11 Å². The van der Waals surface area contributed by atoms with Gasteiger partial charge in [0.05, 0.1) is 6.54 Å². The molecular formula is C10H14N2O2. The van der Waals surface area contributed by atoms with Crippen LogP contribution in [-0.4, -0.2) is 41.1 Å². The molecule has 0 unspecified atom stereocenters. The van der Waals surface area contributed by atoms with Gasteiger partial charge in [-0.25, -0.2) is 0 Å². The van der Waals surface area contributed by atoms with Gasteiger partial charge in [-0.15, -0.1) is 0 Å². The summed E-state index contributed by atoms with van der Waals surface area (Å²) in [5.74, 6) is -0.793. The summed E-state index contributed by atoms with van der Waals surface area (Å²) >= 11 is 0. The zero-order valence-corrected chi connectivity index (χ0v) is 8.18. The molecule has 0 aromatic carbocycles. The fraction of sp³-hybridized carbons (Fsp3) is 0.400. The van der Waals surface area contributed by atoms with Gasteiger partial charge in [-0.3, -0.25) is 14.7 Å². The topological polar surface area (TPSA) is 53.4 Å². The first kappa shape index (κ1) is 10.7. The molecule has 1 aromatic heterocycles. The minimum absolute atomic E-state index is 0.0836. The van der Waals surface area contributed by atoms with E-state index in [2.05, 4.69) is 4.98 Å². The van der Waals surface area contributed by atoms with Crippen LogP contribution in [0.3, 0.4) is 0 Å². The molecule has 0 atom stereocenters. The van der Waals surface area contributed by atoms with Gasteiger partial charge in [-0.05, 0) is 25.1 Å². The molecule has 0 aliphatic heterocycles. The van der Waals surface area contributed by atoms with E-state index in [1.54, 1.807) is 24.3 Å². The Labute approximate surface area is 83.2 Å². The second-order valence-electron chi connectivity index (χ2n) is 3.24. The number of hydrogen-bond acceptors (Lipinski definition) is 3. The highest BCUT2D eigenvalue weighted by atomic mass is 16.4. The molecule has 0 fully saturated rings. The fourth-order valence-corrected chi connectivity index (χ4v) is 1.18. The van der Waals surface area contributed by atoms with E-state index in [0.717, 1.165) is 18.5 Å². The number of carboxylic acid groups (broad SMARTS) is 1. The van der Waals surface area contributed by atoms with Crippen LogP contribution in [0.1, 0.15) is 5.56 Å². The van der Waals surface area contributed by atoms with E-state index in [4.69, 9.17) is 5.11 Å². The van der Waals surface area contributed by atoms with Crippen molar-refractivity contribution >= 4 is 5.97 Å². The molecule has 0 radical (unpaired) electrons. The molecule has 4 nitrogen and oxygen atoms in total. The molecule has 0 saturated heterocycles. The third-order valence-electron chi connectivity index (χ3n) is 1.91. The van der Waals surface area contributed by atoms with Crippen LogP contribution in [0.25, 0.3) is 0 Å². The molecule has 4 heteroatoms. The number of carbonyl (C=O) groups is 1. The normalized spacial score (nSPS) is 10.4. The molecule has 0 spiro atoms. The van der Waals surface area contributed by atoms with Crippen LogP contribution >= 0.6 is 0 Å². The molecule has 0 amide bonds. The lowest BCUT2D eigenvalue weighted by Crippen LogP contribution is -2.27. The molecular weight excluding hydrogens is 180 g/mol. The number of pyridine rings is 1. The molecule has 1 heterocycles. The van der Waals surface area contributed by atoms with Crippen molar-refractivity contribution in [3.05, 3.63) is 30.1 Å². The van der Waals surface area contributed by atoms with E-state index < -0.39 is 5.97 Å². The Kier molecular flexibility index (Phi) is 4.07. The molecule has 0 saturated carbocycles. The van der Waals surface area contributed by atoms with E-state index >= 15 is 0 Å². The molecule has 0 aliphatic rings. The third-order valence-corrected chi connectivity index (χ3v) is 1.91. The standard InChI is InChI=1S/C10H14N2O2/c1-12(8-10(13)14)6-4-9-3-2-5-11-7-9/h2-3,5,7H,4,6,8H2,1H3,(H,13,14). The van der Waals surface area contributed by atoms with E-state index in [9.17, 15) is 4.79 Å². The minimum atomic E-state index is -0.793. The summed E-state index contributed by atoms with van der Waals surface area (Å²) in [6, 6.07) is 3.87. The van der Waals surface area contributed by atoms with Gasteiger partial charge in [-0.1, -0.05) is 6.07 Å². The molecule has 0 aliphatic carbocycles. The number of hydrogen-bond donors (Lipinski definition) is 1. The van der Waals surface area contributed by atoms with Crippen LogP contribution in [0, 0.1) is 0 Å². The van der Waals surface area contributed by atoms with Crippen LogP contribution in [0.5, 0.6) is 0 Å². The first-order chi connectivity index (χ1) is 6.68. The largest absolute Gasteiger partial charge is 0.480 e. The van der Waals surface area contributed by atoms with E-state index in [-0.39, 0.29) is 6.54 Å². The Balaban J connectivity index is 2.30. The van der Waals surface area contributed by atoms with Gasteiger partial charge in [-0.2, -0.15) is 0 Å². The number of nitrogens with zero attached hydrogens (tertiary/aromatic N) is 2. The Morgan fingerprint density at radius 2 is 2.43 bits per heavy atom. The lowest BCUT2D eigenvalue weighted by atomic mass is 10.2. The highest BCUT2D eigenvalue weighted by Crippen LogP contribution is 1.97. The smallest absolute Gasteiger partial charge is 0.317 e. The lowest BCUT2D eigenvalue weighted by molar-refractivity contribution is -0.137. The number of rotatable bonds is 5. The number of aromatic nitrogens is 1. The maximum absolute atomic E-state index is 10.4. The maximum Gasteiger partial charge on any atom is 0.317 e. The number of aliphatic carboxylic acids is 1. The van der Waals surface area contributed by atoms with E-state index in [1.165, 1.54) is 0 Å². The zero-order chi connectivity index (χ0) is 10.4. The van der Waals surface area contributed by atoms with Gasteiger partial charge in [0.1, 0.15) is 0 Å². The molecule has 14 heavy (non-hydrogen) atoms. The van der Waals surface area contributed by atoms with Crippen molar-refractivity contribution in [2.24, 2.45) is 0 Å². The van der Waals surface area contributed by atoms with Crippen molar-refractivity contribution < 1.29 is 9.90 Å². The number of carboxylic acids is 1. The highest BCUT2D eigenvalue weighted by Gasteiger charge is 2.03. The molecule has 76 valence electrons. The number of likely N-dealkylation sites (N-methyl/N-ethyl adjacent to an activating group) is 1. The van der Waals surface area contributed by atoms with Crippen molar-refractivity contribution in [3.8, 4) is 0 Å². The predicted octanol–water partition coefficient (Wildman–Crippen LogP) is 0.641. The molecule has 1 rings (SSSR count). The van der Waals surface area contributed by atoms with Crippen molar-refractivity contribution in [3.63, 3.8) is 0 Å². The van der Waals surface area contributed by atoms with Crippen molar-refractivity contribution in [1.29, 1.82) is 0 Å². The average Bonchev–Trinajstić information content (AvgIpc) is 2.15. The van der Waals surface area contributed by atoms with Crippen molar-refractivity contribution in [2.75, 3.05) is 20.1 Å². The summed E-state index contributed by atoms with van der Waals surface area (Å²) in [4.78, 5) is 16.1. The molecule has 1 N–H and O–H groups in total. The summed E-state index contributed by atoms with van der Waals surface area (Å²) in [5, 5.41) is 8.53. The summed E-state index contributed by atoms with van der Waals surface area (Å²) in [5.41, 5.74) is 1.13. The van der Waals surface area contributed by atoms with Crippen LogP contribution in [0.15, 0.2) is 24.5 Å². The Morgan fingerprint density at radius 1 is 1.64 bits per heavy atom. The van der Waals surface area contributed by atoms with Gasteiger partial charge >= 0.3 is 5.97 Å². The summed E-state index contributed by atoms with van der Waals surface area (Å²) in [7, 11) is 1.80. The minimum Gasteiger partial charge on any atom is -0.480 e. The first-order valence-corrected chi connectivity index (χ1v) is 4.47. The Bertz CT molecular complexity index is 287. The maximum atomic E-state index is 10.4. The van der Waals surface area contributed by atoms with Gasteiger partial charge in [0, 0.05) is 18.9 Å². The highest BCUT2D eigenvalue weighted by molar-refractivity contribution is 5.68. The molecule has 0 bridgehead atoms. The van der Waals surface area contributed by atoms with Gasteiger partial charge in [0.15, 0.2) is 0 Å². The van der Waals surface area contributed by atoms with Crippen LogP contribution in [0.4, 0.5) is 0 Å². The van der Waals surface area contributed by atoms with E-state index in [1.807, 2.05) is 12.1 Å². The van der Waals surface area contributed by atoms with Gasteiger partial charge in [0.2, 0.25) is 0 Å². The summed E-state index contributed by atoms with van der Waals surface area (Å²) in [6.07, 6.45) is 4.36. The second-order valence-corrected chi connectivity index (χ2v) is 3.24. The lowest BCUT2D eigenvalue weighted by Gasteiger charge is -2.13. The summed E-state index contributed by atoms with van der Waals surface area (Å²) in [6.45, 7) is 0.818. The average molecular weight is 194 g/mol. The zero-order valence-electron chi connectivity index (χ0n) is 8.18. The van der Waals surface area contributed by atoms with Crippen molar-refractivity contribution in [2.45, 2.75) is 6.42 Å². The fourth-order valence-electron chi connectivity index (χ4n) is 1.18. The van der Waals surface area contributed by atoms with Crippen LogP contribution < -0.4 is 0 Å². The first-order valence-electron chi connectivity index (χ1n) is 4.47. The van der Waals surface area contributed by atoms with Crippen LogP contribution in [0.2, 0.25) is 0 Å². The second kappa shape index (κ2) is 5.34. The SMILES string of the molecule is CN(CCc1cccnc1)CC(=O)O. The Hall–Kier alpha value is -1.42. The molecule has 1 aromatic rings. The van der Waals surface area contributed by atoms with Crippen molar-refractivity contribution in [1.82, 2.24) is 9.88 Å². The predicted molar refractivity (Wildman–Crippen MR) is 53.1 cm³/mol. The summed E-state index contributed by atoms with van der Waals surface area (Å²) < 4.78 is 0. The van der Waals surface area contributed by atoms with Gasteiger partial charge in [0.25, 0.3) is 0 Å². The van der Waals surface area contributed by atoms with Crippen LogP contribution in [-0.2, 0) is 11.2 Å². The quantitative estimate of drug-likeness (QED) is 0.747. The Morgan fingerprint density at radius 3 is 3.00 bits per heavy atom. The monoisotopic (exact) mass is 194 g/mol. The van der Waals surface area contributed by atoms with E-state index in [0.29, 0.717) is 0 Å². The third kappa shape index (κ3) is 4.00.